The monoisotopic (exact) mass is 333 g/mol. The molecule has 5 heteroatoms. The summed E-state index contributed by atoms with van der Waals surface area (Å²) in [6, 6.07) is 13.4. The summed E-state index contributed by atoms with van der Waals surface area (Å²) >= 11 is 0. The Labute approximate surface area is 145 Å². The highest BCUT2D eigenvalue weighted by Gasteiger charge is 2.19. The highest BCUT2D eigenvalue weighted by molar-refractivity contribution is 5.93. The minimum atomic E-state index is -0.289. The maximum absolute atomic E-state index is 13.2. The highest BCUT2D eigenvalue weighted by Crippen LogP contribution is 2.26. The van der Waals surface area contributed by atoms with E-state index in [0.29, 0.717) is 24.0 Å². The van der Waals surface area contributed by atoms with Crippen LogP contribution in [0.1, 0.15) is 11.1 Å². The Balaban J connectivity index is 2.14. The second-order valence-electron chi connectivity index (χ2n) is 6.51. The Hall–Kier alpha value is -2.92. The highest BCUT2D eigenvalue weighted by atomic mass is 16.2. The van der Waals surface area contributed by atoms with E-state index in [0.717, 1.165) is 16.8 Å². The summed E-state index contributed by atoms with van der Waals surface area (Å²) in [5, 5.41) is 0.567. The number of fused-ring (bicyclic) bond motifs is 2. The zero-order valence-electron chi connectivity index (χ0n) is 14.3. The number of hydrogen-bond donors (Lipinski definition) is 0. The summed E-state index contributed by atoms with van der Waals surface area (Å²) in [7, 11) is 3.85. The molecule has 0 saturated carbocycles. The van der Waals surface area contributed by atoms with E-state index in [2.05, 4.69) is 0 Å². The average molecular weight is 333 g/mol. The molecule has 4 rings (SSSR count). The molecule has 0 atom stereocenters. The van der Waals surface area contributed by atoms with Crippen molar-refractivity contribution in [2.45, 2.75) is 6.54 Å². The number of benzene rings is 2. The summed E-state index contributed by atoms with van der Waals surface area (Å²) in [5.41, 5.74) is 2.80. The van der Waals surface area contributed by atoms with E-state index in [1.807, 2.05) is 67.5 Å². The van der Waals surface area contributed by atoms with E-state index >= 15 is 0 Å². The molecule has 126 valence electrons. The van der Waals surface area contributed by atoms with Gasteiger partial charge in [-0.25, -0.2) is 4.79 Å². The number of nitrogens with zero attached hydrogens (tertiary/aromatic N) is 3. The van der Waals surface area contributed by atoms with Gasteiger partial charge in [0.25, 0.3) is 5.56 Å². The Kier molecular flexibility index (Phi) is 3.66. The van der Waals surface area contributed by atoms with Crippen LogP contribution in [0.15, 0.2) is 52.1 Å². The summed E-state index contributed by atoms with van der Waals surface area (Å²) in [6.45, 7) is 0.987. The van der Waals surface area contributed by atoms with Crippen molar-refractivity contribution in [3.05, 3.63) is 74.4 Å². The third-order valence-corrected chi connectivity index (χ3v) is 4.58. The van der Waals surface area contributed by atoms with Crippen LogP contribution >= 0.6 is 0 Å². The minimum Gasteiger partial charge on any atom is -0.308 e. The number of likely N-dealkylation sites (N-methyl/N-ethyl adjacent to an activating group) is 1. The molecule has 2 heterocycles. The van der Waals surface area contributed by atoms with Crippen molar-refractivity contribution < 1.29 is 0 Å². The number of rotatable bonds is 3. The van der Waals surface area contributed by atoms with Gasteiger partial charge < -0.3 is 4.90 Å². The zero-order valence-corrected chi connectivity index (χ0v) is 14.3. The molecule has 0 N–H and O–H groups in total. The first-order valence-corrected chi connectivity index (χ1v) is 8.29. The molecule has 0 bridgehead atoms. The fraction of sp³-hybridized carbons (Fsp3) is 0.200. The van der Waals surface area contributed by atoms with E-state index in [9.17, 15) is 9.59 Å². The average Bonchev–Trinajstić information content (AvgIpc) is 2.77. The van der Waals surface area contributed by atoms with Crippen molar-refractivity contribution in [1.29, 1.82) is 0 Å². The van der Waals surface area contributed by atoms with Crippen LogP contribution in [0.5, 0.6) is 0 Å². The van der Waals surface area contributed by atoms with Gasteiger partial charge in [-0.15, -0.1) is 0 Å². The van der Waals surface area contributed by atoms with Crippen LogP contribution in [-0.4, -0.2) is 34.7 Å². The minimum absolute atomic E-state index is 0.229. The van der Waals surface area contributed by atoms with Crippen LogP contribution in [0.2, 0.25) is 0 Å². The Morgan fingerprint density at radius 2 is 1.64 bits per heavy atom. The van der Waals surface area contributed by atoms with Crippen molar-refractivity contribution in [1.82, 2.24) is 14.0 Å². The van der Waals surface area contributed by atoms with Crippen LogP contribution in [0.4, 0.5) is 0 Å². The molecule has 0 saturated heterocycles. The second-order valence-corrected chi connectivity index (χ2v) is 6.51. The summed E-state index contributed by atoms with van der Waals surface area (Å²) in [4.78, 5) is 28.1. The lowest BCUT2D eigenvalue weighted by Crippen LogP contribution is -2.41. The van der Waals surface area contributed by atoms with Crippen molar-refractivity contribution in [3.8, 4) is 5.69 Å². The van der Waals surface area contributed by atoms with Crippen molar-refractivity contribution in [2.24, 2.45) is 0 Å². The van der Waals surface area contributed by atoms with Crippen molar-refractivity contribution in [3.63, 3.8) is 0 Å². The molecule has 0 aliphatic carbocycles. The maximum Gasteiger partial charge on any atom is 0.336 e. The van der Waals surface area contributed by atoms with Gasteiger partial charge >= 0.3 is 5.69 Å². The van der Waals surface area contributed by atoms with Crippen LogP contribution in [0, 0.1) is 0 Å². The molecular formula is C20H19N3O2. The third kappa shape index (κ3) is 2.44. The molecule has 1 aliphatic heterocycles. The predicted octanol–water partition coefficient (Wildman–Crippen LogP) is 2.20. The molecule has 1 aromatic heterocycles. The fourth-order valence-electron chi connectivity index (χ4n) is 3.30. The standard InChI is InChI=1S/C20H19N3O2/c1-21(2)12-13-22-19(24)16-8-5-7-15-11-10-14-6-3-4-9-17(14)23(18(15)16)20(22)25/h3-11H,12-13H2,1-2H3. The lowest BCUT2D eigenvalue weighted by atomic mass is 10.1. The van der Waals surface area contributed by atoms with E-state index < -0.39 is 0 Å². The topological polar surface area (TPSA) is 47.2 Å². The van der Waals surface area contributed by atoms with Crippen LogP contribution in [0.25, 0.3) is 28.7 Å². The normalized spacial score (nSPS) is 12.4. The van der Waals surface area contributed by atoms with E-state index in [1.54, 1.807) is 10.6 Å². The molecule has 3 aromatic rings. The molecule has 0 amide bonds. The largest absolute Gasteiger partial charge is 0.336 e. The molecule has 0 spiro atoms. The van der Waals surface area contributed by atoms with Gasteiger partial charge in [-0.2, -0.15) is 0 Å². The molecule has 1 aliphatic rings. The van der Waals surface area contributed by atoms with Crippen LogP contribution in [-0.2, 0) is 6.54 Å². The second kappa shape index (κ2) is 5.86. The van der Waals surface area contributed by atoms with Gasteiger partial charge in [0, 0.05) is 13.1 Å². The molecule has 0 radical (unpaired) electrons. The first-order valence-electron chi connectivity index (χ1n) is 8.29. The molecule has 0 fully saturated rings. The number of para-hydroxylation sites is 2. The lowest BCUT2D eigenvalue weighted by Gasteiger charge is -2.17. The van der Waals surface area contributed by atoms with Crippen LogP contribution in [0.3, 0.4) is 0 Å². The molecule has 0 unspecified atom stereocenters. The summed E-state index contributed by atoms with van der Waals surface area (Å²) in [6.07, 6.45) is 3.96. The number of aromatic nitrogens is 2. The SMILES string of the molecule is CN(C)CCn1c(=O)c2cccc3c2n(c1=O)-c1ccccc1C=C3. The van der Waals surface area contributed by atoms with Gasteiger partial charge in [0.2, 0.25) is 0 Å². The number of hydrogen-bond acceptors (Lipinski definition) is 3. The Morgan fingerprint density at radius 1 is 0.920 bits per heavy atom. The Bertz CT molecular complexity index is 1120. The van der Waals surface area contributed by atoms with Gasteiger partial charge in [-0.1, -0.05) is 42.5 Å². The summed E-state index contributed by atoms with van der Waals surface area (Å²) < 4.78 is 3.02. The van der Waals surface area contributed by atoms with Crippen molar-refractivity contribution in [2.75, 3.05) is 20.6 Å². The van der Waals surface area contributed by atoms with Crippen molar-refractivity contribution >= 4 is 23.1 Å². The van der Waals surface area contributed by atoms with E-state index in [4.69, 9.17) is 0 Å². The van der Waals surface area contributed by atoms with Gasteiger partial charge in [0.1, 0.15) is 0 Å². The maximum atomic E-state index is 13.2. The first kappa shape index (κ1) is 15.6. The van der Waals surface area contributed by atoms with Crippen LogP contribution < -0.4 is 11.2 Å². The van der Waals surface area contributed by atoms with Gasteiger partial charge in [-0.05, 0) is 37.4 Å². The molecule has 2 aromatic carbocycles. The van der Waals surface area contributed by atoms with E-state index in [-0.39, 0.29) is 11.2 Å². The molecule has 5 nitrogen and oxygen atoms in total. The summed E-state index contributed by atoms with van der Waals surface area (Å²) in [5.74, 6) is 0. The zero-order chi connectivity index (χ0) is 17.6. The first-order chi connectivity index (χ1) is 12.1. The van der Waals surface area contributed by atoms with Gasteiger partial charge in [0.15, 0.2) is 0 Å². The van der Waals surface area contributed by atoms with E-state index in [1.165, 1.54) is 4.57 Å². The van der Waals surface area contributed by atoms with Gasteiger partial charge in [-0.3, -0.25) is 13.9 Å². The Morgan fingerprint density at radius 3 is 2.44 bits per heavy atom. The lowest BCUT2D eigenvalue weighted by molar-refractivity contribution is 0.376. The van der Waals surface area contributed by atoms with Gasteiger partial charge in [0.05, 0.1) is 16.6 Å². The molecule has 25 heavy (non-hydrogen) atoms. The predicted molar refractivity (Wildman–Crippen MR) is 101 cm³/mol. The smallest absolute Gasteiger partial charge is 0.308 e. The molecular weight excluding hydrogens is 314 g/mol. The quantitative estimate of drug-likeness (QED) is 0.577. The third-order valence-electron chi connectivity index (χ3n) is 4.58. The fourth-order valence-corrected chi connectivity index (χ4v) is 3.30.